The number of aliphatic carboxylic acids is 1. The van der Waals surface area contributed by atoms with Gasteiger partial charge in [-0.1, -0.05) is 32.6 Å². The predicted molar refractivity (Wildman–Crippen MR) is 59.4 cm³/mol. The largest absolute Gasteiger partial charge is 0.480 e. The zero-order valence-electron chi connectivity index (χ0n) is 9.42. The molecule has 3 nitrogen and oxygen atoms in total. The van der Waals surface area contributed by atoms with Crippen LogP contribution in [0.5, 0.6) is 0 Å². The van der Waals surface area contributed by atoms with Crippen LogP contribution in [0.3, 0.4) is 0 Å². The molecule has 0 heterocycles. The molecule has 15 heavy (non-hydrogen) atoms. The second-order valence-electron chi connectivity index (χ2n) is 4.49. The van der Waals surface area contributed by atoms with E-state index in [4.69, 9.17) is 6.42 Å². The SMILES string of the molecule is C#CCNC1(C(=O)O)CCCC(C)C1C. The third-order valence-electron chi connectivity index (χ3n) is 3.75. The van der Waals surface area contributed by atoms with E-state index >= 15 is 0 Å². The van der Waals surface area contributed by atoms with Crippen molar-refractivity contribution in [2.45, 2.75) is 38.6 Å². The maximum atomic E-state index is 11.4. The van der Waals surface area contributed by atoms with Gasteiger partial charge in [0.15, 0.2) is 0 Å². The van der Waals surface area contributed by atoms with E-state index in [1.54, 1.807) is 0 Å². The molecule has 1 aliphatic carbocycles. The Bertz CT molecular complexity index is 282. The van der Waals surface area contributed by atoms with E-state index in [9.17, 15) is 9.90 Å². The van der Waals surface area contributed by atoms with E-state index in [1.807, 2.05) is 6.92 Å². The van der Waals surface area contributed by atoms with Crippen LogP contribution in [-0.4, -0.2) is 23.2 Å². The number of nitrogens with one attached hydrogen (secondary N) is 1. The first-order valence-electron chi connectivity index (χ1n) is 5.46. The summed E-state index contributed by atoms with van der Waals surface area (Å²) < 4.78 is 0. The van der Waals surface area contributed by atoms with Crippen LogP contribution in [-0.2, 0) is 4.79 Å². The first kappa shape index (κ1) is 12.1. The van der Waals surface area contributed by atoms with Crippen molar-refractivity contribution in [1.29, 1.82) is 0 Å². The molecule has 1 fully saturated rings. The highest BCUT2D eigenvalue weighted by Crippen LogP contribution is 2.37. The summed E-state index contributed by atoms with van der Waals surface area (Å²) in [5, 5.41) is 12.4. The number of carboxylic acid groups (broad SMARTS) is 1. The van der Waals surface area contributed by atoms with Gasteiger partial charge >= 0.3 is 5.97 Å². The van der Waals surface area contributed by atoms with Gasteiger partial charge in [-0.05, 0) is 18.3 Å². The van der Waals surface area contributed by atoms with Crippen LogP contribution in [0.2, 0.25) is 0 Å². The quantitative estimate of drug-likeness (QED) is 0.692. The molecule has 0 aromatic heterocycles. The third kappa shape index (κ3) is 2.15. The Labute approximate surface area is 91.3 Å². The Morgan fingerprint density at radius 1 is 1.67 bits per heavy atom. The van der Waals surface area contributed by atoms with Gasteiger partial charge in [-0.25, -0.2) is 0 Å². The minimum atomic E-state index is -0.815. The Kier molecular flexibility index (Phi) is 3.76. The van der Waals surface area contributed by atoms with Gasteiger partial charge in [-0.15, -0.1) is 6.42 Å². The lowest BCUT2D eigenvalue weighted by molar-refractivity contribution is -0.150. The molecule has 1 rings (SSSR count). The number of terminal acetylenes is 1. The van der Waals surface area contributed by atoms with Crippen molar-refractivity contribution >= 4 is 5.97 Å². The molecule has 0 aromatic carbocycles. The van der Waals surface area contributed by atoms with Crippen molar-refractivity contribution in [1.82, 2.24) is 5.32 Å². The minimum absolute atomic E-state index is 0.122. The zero-order chi connectivity index (χ0) is 11.5. The summed E-state index contributed by atoms with van der Waals surface area (Å²) in [7, 11) is 0. The van der Waals surface area contributed by atoms with Crippen molar-refractivity contribution in [3.05, 3.63) is 0 Å². The summed E-state index contributed by atoms with van der Waals surface area (Å²) in [4.78, 5) is 11.4. The van der Waals surface area contributed by atoms with E-state index in [0.29, 0.717) is 18.9 Å². The summed E-state index contributed by atoms with van der Waals surface area (Å²) in [6, 6.07) is 0. The summed E-state index contributed by atoms with van der Waals surface area (Å²) >= 11 is 0. The maximum Gasteiger partial charge on any atom is 0.324 e. The van der Waals surface area contributed by atoms with Crippen LogP contribution >= 0.6 is 0 Å². The lowest BCUT2D eigenvalue weighted by atomic mass is 9.68. The Hall–Kier alpha value is -1.01. The Morgan fingerprint density at radius 3 is 2.87 bits per heavy atom. The van der Waals surface area contributed by atoms with E-state index in [2.05, 4.69) is 18.2 Å². The molecule has 1 aliphatic rings. The van der Waals surface area contributed by atoms with Crippen LogP contribution in [0.1, 0.15) is 33.1 Å². The van der Waals surface area contributed by atoms with Gasteiger partial charge in [0, 0.05) is 0 Å². The van der Waals surface area contributed by atoms with Crippen LogP contribution in [0.15, 0.2) is 0 Å². The van der Waals surface area contributed by atoms with E-state index in [-0.39, 0.29) is 5.92 Å². The molecular weight excluding hydrogens is 190 g/mol. The molecule has 2 N–H and O–H groups in total. The summed E-state index contributed by atoms with van der Waals surface area (Å²) in [5.41, 5.74) is -0.815. The molecule has 0 amide bonds. The van der Waals surface area contributed by atoms with Gasteiger partial charge < -0.3 is 5.11 Å². The monoisotopic (exact) mass is 209 g/mol. The predicted octanol–water partition coefficient (Wildman–Crippen LogP) is 1.49. The fraction of sp³-hybridized carbons (Fsp3) is 0.750. The molecule has 0 aromatic rings. The maximum absolute atomic E-state index is 11.4. The van der Waals surface area contributed by atoms with Gasteiger partial charge in [0.1, 0.15) is 5.54 Å². The molecule has 0 saturated heterocycles. The summed E-state index contributed by atoms with van der Waals surface area (Å²) in [6.07, 6.45) is 7.91. The lowest BCUT2D eigenvalue weighted by Crippen LogP contribution is -2.60. The standard InChI is InChI=1S/C12H19NO2/c1-4-8-13-12(11(14)15)7-5-6-9(2)10(12)3/h1,9-10,13H,5-8H2,2-3H3,(H,14,15). The second-order valence-corrected chi connectivity index (χ2v) is 4.49. The van der Waals surface area contributed by atoms with Gasteiger partial charge in [0.05, 0.1) is 6.54 Å². The van der Waals surface area contributed by atoms with Gasteiger partial charge in [-0.3, -0.25) is 10.1 Å². The number of hydrogen-bond donors (Lipinski definition) is 2. The number of hydrogen-bond acceptors (Lipinski definition) is 2. The number of carbonyl (C=O) groups is 1. The fourth-order valence-electron chi connectivity index (χ4n) is 2.50. The van der Waals surface area contributed by atoms with Crippen LogP contribution in [0, 0.1) is 24.2 Å². The molecule has 0 bridgehead atoms. The highest BCUT2D eigenvalue weighted by atomic mass is 16.4. The molecule has 84 valence electrons. The van der Waals surface area contributed by atoms with Crippen molar-refractivity contribution < 1.29 is 9.90 Å². The molecule has 3 heteroatoms. The lowest BCUT2D eigenvalue weighted by Gasteiger charge is -2.43. The van der Waals surface area contributed by atoms with Gasteiger partial charge in [0.2, 0.25) is 0 Å². The average Bonchev–Trinajstić information content (AvgIpc) is 2.20. The topological polar surface area (TPSA) is 49.3 Å². The average molecular weight is 209 g/mol. The first-order valence-corrected chi connectivity index (χ1v) is 5.46. The van der Waals surface area contributed by atoms with Crippen LogP contribution in [0.25, 0.3) is 0 Å². The van der Waals surface area contributed by atoms with Crippen molar-refractivity contribution in [3.63, 3.8) is 0 Å². The molecule has 3 unspecified atom stereocenters. The van der Waals surface area contributed by atoms with Gasteiger partial charge in [0.25, 0.3) is 0 Å². The summed E-state index contributed by atoms with van der Waals surface area (Å²) in [5.74, 6) is 2.24. The zero-order valence-corrected chi connectivity index (χ0v) is 9.42. The van der Waals surface area contributed by atoms with E-state index in [1.165, 1.54) is 0 Å². The molecular formula is C12H19NO2. The molecule has 3 atom stereocenters. The molecule has 0 radical (unpaired) electrons. The smallest absolute Gasteiger partial charge is 0.324 e. The van der Waals surface area contributed by atoms with Gasteiger partial charge in [-0.2, -0.15) is 0 Å². The van der Waals surface area contributed by atoms with Crippen LogP contribution < -0.4 is 5.32 Å². The Morgan fingerprint density at radius 2 is 2.33 bits per heavy atom. The molecule has 0 aliphatic heterocycles. The first-order chi connectivity index (χ1) is 7.04. The highest BCUT2D eigenvalue weighted by Gasteiger charge is 2.47. The Balaban J connectivity index is 2.88. The van der Waals surface area contributed by atoms with Crippen LogP contribution in [0.4, 0.5) is 0 Å². The second kappa shape index (κ2) is 4.67. The van der Waals surface area contributed by atoms with Crippen molar-refractivity contribution in [3.8, 4) is 12.3 Å². The fourth-order valence-corrected chi connectivity index (χ4v) is 2.50. The third-order valence-corrected chi connectivity index (χ3v) is 3.75. The summed E-state index contributed by atoms with van der Waals surface area (Å²) in [6.45, 7) is 4.43. The minimum Gasteiger partial charge on any atom is -0.480 e. The highest BCUT2D eigenvalue weighted by molar-refractivity contribution is 5.79. The number of rotatable bonds is 3. The van der Waals surface area contributed by atoms with Crippen molar-refractivity contribution in [2.24, 2.45) is 11.8 Å². The van der Waals surface area contributed by atoms with Crippen molar-refractivity contribution in [2.75, 3.05) is 6.54 Å². The normalized spacial score (nSPS) is 35.8. The number of carboxylic acids is 1. The van der Waals surface area contributed by atoms with E-state index in [0.717, 1.165) is 12.8 Å². The van der Waals surface area contributed by atoms with E-state index < -0.39 is 11.5 Å². The molecule has 1 saturated carbocycles. The molecule has 0 spiro atoms.